The molecule has 0 spiro atoms. The van der Waals surface area contributed by atoms with Gasteiger partial charge in [0.25, 0.3) is 0 Å². The lowest BCUT2D eigenvalue weighted by Crippen LogP contribution is -2.28. The Morgan fingerprint density at radius 1 is 0.842 bits per heavy atom. The molecular weight excluding hydrogens is 236 g/mol. The Hall–Kier alpha value is -1.10. The maximum Gasteiger partial charge on any atom is 0.0366 e. The quantitative estimate of drug-likeness (QED) is 0.667. The number of hydrogen-bond acceptors (Lipinski definition) is 4. The first-order valence-electron chi connectivity index (χ1n) is 7.20. The summed E-state index contributed by atoms with van der Waals surface area (Å²) in [5.74, 6) is 0. The Morgan fingerprint density at radius 2 is 1.32 bits per heavy atom. The summed E-state index contributed by atoms with van der Waals surface area (Å²) in [7, 11) is 0. The van der Waals surface area contributed by atoms with Crippen molar-refractivity contribution in [1.29, 1.82) is 0 Å². The van der Waals surface area contributed by atoms with E-state index in [1.165, 1.54) is 5.69 Å². The lowest BCUT2D eigenvalue weighted by molar-refractivity contribution is 0.702. The van der Waals surface area contributed by atoms with Crippen LogP contribution in [0, 0.1) is 0 Å². The van der Waals surface area contributed by atoms with Gasteiger partial charge in [-0.2, -0.15) is 0 Å². The molecule has 0 aromatic heterocycles. The molecule has 0 aliphatic rings. The third-order valence-electron chi connectivity index (χ3n) is 2.67. The molecule has 19 heavy (non-hydrogen) atoms. The molecule has 0 bridgehead atoms. The first kappa shape index (κ1) is 17.9. The average molecular weight is 266 g/mol. The van der Waals surface area contributed by atoms with Crippen LogP contribution in [0.5, 0.6) is 0 Å². The highest BCUT2D eigenvalue weighted by molar-refractivity contribution is 5.45. The van der Waals surface area contributed by atoms with Crippen molar-refractivity contribution in [2.24, 2.45) is 17.2 Å². The second kappa shape index (κ2) is 13.3. The third kappa shape index (κ3) is 9.47. The van der Waals surface area contributed by atoms with Crippen LogP contribution < -0.4 is 22.1 Å². The minimum Gasteiger partial charge on any atom is -0.371 e. The van der Waals surface area contributed by atoms with Gasteiger partial charge >= 0.3 is 0 Å². The van der Waals surface area contributed by atoms with Gasteiger partial charge in [0.05, 0.1) is 0 Å². The van der Waals surface area contributed by atoms with Crippen LogP contribution in [-0.4, -0.2) is 32.7 Å². The highest BCUT2D eigenvalue weighted by Gasteiger charge is 2.03. The van der Waals surface area contributed by atoms with Crippen LogP contribution in [0.15, 0.2) is 30.3 Å². The molecule has 0 aliphatic heterocycles. The first-order valence-corrected chi connectivity index (χ1v) is 7.20. The van der Waals surface area contributed by atoms with Gasteiger partial charge in [0, 0.05) is 18.8 Å². The minimum absolute atomic E-state index is 0.742. The van der Waals surface area contributed by atoms with Gasteiger partial charge in [0.2, 0.25) is 0 Å². The molecule has 0 heterocycles. The molecule has 0 radical (unpaired) electrons. The van der Waals surface area contributed by atoms with E-state index in [2.05, 4.69) is 36.1 Å². The summed E-state index contributed by atoms with van der Waals surface area (Å²) >= 11 is 0. The number of anilines is 1. The maximum absolute atomic E-state index is 5.53. The zero-order chi connectivity index (χ0) is 14.3. The van der Waals surface area contributed by atoms with Crippen molar-refractivity contribution in [3.05, 3.63) is 30.3 Å². The first-order chi connectivity index (χ1) is 9.29. The number of benzene rings is 1. The van der Waals surface area contributed by atoms with Crippen molar-refractivity contribution in [3.63, 3.8) is 0 Å². The standard InChI is InChI=1S/C12H21N3.C3H9N/c13-8-4-10-15(11-5-9-14)12-6-2-1-3-7-12;1-2-3-4/h1-3,6-7H,4-5,8-11,13-14H2;2-4H2,1H3. The van der Waals surface area contributed by atoms with Crippen molar-refractivity contribution in [2.45, 2.75) is 26.2 Å². The van der Waals surface area contributed by atoms with Gasteiger partial charge in [0.15, 0.2) is 0 Å². The SMILES string of the molecule is CCCN.NCCCN(CCCN)c1ccccc1. The van der Waals surface area contributed by atoms with Crippen LogP contribution in [0.2, 0.25) is 0 Å². The van der Waals surface area contributed by atoms with Crippen molar-refractivity contribution in [3.8, 4) is 0 Å². The smallest absolute Gasteiger partial charge is 0.0366 e. The van der Waals surface area contributed by atoms with E-state index in [4.69, 9.17) is 17.2 Å². The molecule has 0 unspecified atom stereocenters. The number of nitrogens with zero attached hydrogens (tertiary/aromatic N) is 1. The number of hydrogen-bond donors (Lipinski definition) is 3. The molecule has 0 aliphatic carbocycles. The topological polar surface area (TPSA) is 81.3 Å². The van der Waals surface area contributed by atoms with Crippen LogP contribution in [0.4, 0.5) is 5.69 Å². The second-order valence-corrected chi connectivity index (χ2v) is 4.40. The number of nitrogens with two attached hydrogens (primary N) is 3. The molecule has 0 atom stereocenters. The molecule has 0 fully saturated rings. The molecule has 1 aromatic carbocycles. The Kier molecular flexibility index (Phi) is 12.6. The Bertz CT molecular complexity index is 267. The average Bonchev–Trinajstić information content (AvgIpc) is 2.48. The van der Waals surface area contributed by atoms with Crippen LogP contribution in [0.3, 0.4) is 0 Å². The van der Waals surface area contributed by atoms with E-state index in [1.54, 1.807) is 0 Å². The Balaban J connectivity index is 0.000000711. The van der Waals surface area contributed by atoms with Crippen LogP contribution in [0.25, 0.3) is 0 Å². The molecule has 6 N–H and O–H groups in total. The minimum atomic E-state index is 0.742. The Labute approximate surface area is 118 Å². The van der Waals surface area contributed by atoms with E-state index in [0.717, 1.165) is 52.0 Å². The molecule has 4 heteroatoms. The fraction of sp³-hybridized carbons (Fsp3) is 0.600. The van der Waals surface area contributed by atoms with E-state index in [-0.39, 0.29) is 0 Å². The number of rotatable bonds is 8. The summed E-state index contributed by atoms with van der Waals surface area (Å²) in [4.78, 5) is 2.35. The fourth-order valence-corrected chi connectivity index (χ4v) is 1.57. The molecule has 0 saturated carbocycles. The largest absolute Gasteiger partial charge is 0.371 e. The highest BCUT2D eigenvalue weighted by Crippen LogP contribution is 2.13. The maximum atomic E-state index is 5.53. The highest BCUT2D eigenvalue weighted by atomic mass is 15.1. The zero-order valence-electron chi connectivity index (χ0n) is 12.2. The van der Waals surface area contributed by atoms with E-state index < -0.39 is 0 Å². The van der Waals surface area contributed by atoms with Gasteiger partial charge in [-0.1, -0.05) is 25.1 Å². The predicted octanol–water partition coefficient (Wildman–Crippen LogP) is 1.55. The van der Waals surface area contributed by atoms with Crippen LogP contribution >= 0.6 is 0 Å². The second-order valence-electron chi connectivity index (χ2n) is 4.40. The fourth-order valence-electron chi connectivity index (χ4n) is 1.57. The summed E-state index contributed by atoms with van der Waals surface area (Å²) in [5, 5.41) is 0. The van der Waals surface area contributed by atoms with Crippen LogP contribution in [-0.2, 0) is 0 Å². The molecule has 110 valence electrons. The van der Waals surface area contributed by atoms with Gasteiger partial charge < -0.3 is 22.1 Å². The molecule has 0 amide bonds. The molecule has 1 rings (SSSR count). The summed E-state index contributed by atoms with van der Waals surface area (Å²) in [6.45, 7) is 6.39. The van der Waals surface area contributed by atoms with Crippen LogP contribution in [0.1, 0.15) is 26.2 Å². The van der Waals surface area contributed by atoms with Gasteiger partial charge in [-0.3, -0.25) is 0 Å². The summed E-state index contributed by atoms with van der Waals surface area (Å²) in [6.07, 6.45) is 3.15. The molecule has 0 saturated heterocycles. The van der Waals surface area contributed by atoms with E-state index in [1.807, 2.05) is 6.07 Å². The van der Waals surface area contributed by atoms with Crippen molar-refractivity contribution in [1.82, 2.24) is 0 Å². The summed E-state index contributed by atoms with van der Waals surface area (Å²) in [6, 6.07) is 10.4. The Morgan fingerprint density at radius 3 is 1.68 bits per heavy atom. The van der Waals surface area contributed by atoms with Crippen molar-refractivity contribution >= 4 is 5.69 Å². The third-order valence-corrected chi connectivity index (χ3v) is 2.67. The van der Waals surface area contributed by atoms with E-state index in [9.17, 15) is 0 Å². The van der Waals surface area contributed by atoms with Gasteiger partial charge in [-0.25, -0.2) is 0 Å². The van der Waals surface area contributed by atoms with Gasteiger partial charge in [0.1, 0.15) is 0 Å². The molecule has 4 nitrogen and oxygen atoms in total. The summed E-state index contributed by atoms with van der Waals surface area (Å²) < 4.78 is 0. The van der Waals surface area contributed by atoms with E-state index >= 15 is 0 Å². The monoisotopic (exact) mass is 266 g/mol. The lowest BCUT2D eigenvalue weighted by atomic mass is 10.2. The van der Waals surface area contributed by atoms with Crippen molar-refractivity contribution in [2.75, 3.05) is 37.6 Å². The molecule has 1 aromatic rings. The number of para-hydroxylation sites is 1. The van der Waals surface area contributed by atoms with Gasteiger partial charge in [-0.15, -0.1) is 0 Å². The zero-order valence-corrected chi connectivity index (χ0v) is 12.2. The normalized spacial score (nSPS) is 9.68. The van der Waals surface area contributed by atoms with Crippen molar-refractivity contribution < 1.29 is 0 Å². The van der Waals surface area contributed by atoms with E-state index in [0.29, 0.717) is 0 Å². The summed E-state index contributed by atoms with van der Waals surface area (Å²) in [5.41, 5.74) is 17.4. The lowest BCUT2D eigenvalue weighted by Gasteiger charge is -2.24. The molecular formula is C15H30N4. The van der Waals surface area contributed by atoms with Gasteiger partial charge in [-0.05, 0) is 51.0 Å². The predicted molar refractivity (Wildman–Crippen MR) is 85.3 cm³/mol.